The molecule has 1 amide bonds. The molecule has 440 valence electrons. The molecule has 74 heavy (non-hydrogen) atoms. The summed E-state index contributed by atoms with van der Waals surface area (Å²) < 4.78 is 23.4. The summed E-state index contributed by atoms with van der Waals surface area (Å²) >= 11 is 0. The second-order valence-corrected chi connectivity index (χ2v) is 25.2. The molecule has 0 saturated carbocycles. The number of phosphoric ester groups is 1. The fraction of sp³-hybridized carbons (Fsp3) is 0.923. The normalized spacial score (nSPS) is 13.9. The topological polar surface area (TPSA) is 108 Å². The van der Waals surface area contributed by atoms with Crippen molar-refractivity contribution in [1.82, 2.24) is 5.32 Å². The molecule has 0 aliphatic carbocycles. The lowest BCUT2D eigenvalue weighted by atomic mass is 10.0. The molecule has 3 unspecified atom stereocenters. The molecular formula is C65H129N2O6P. The summed E-state index contributed by atoms with van der Waals surface area (Å²) in [5.74, 6) is -0.191. The Hall–Kier alpha value is -1.02. The van der Waals surface area contributed by atoms with Crippen LogP contribution in [0.3, 0.4) is 0 Å². The van der Waals surface area contributed by atoms with Crippen LogP contribution in [0.15, 0.2) is 24.3 Å². The van der Waals surface area contributed by atoms with Crippen LogP contribution in [0.25, 0.3) is 0 Å². The lowest BCUT2D eigenvalue weighted by Crippen LogP contribution is -2.45. The Kier molecular flexibility index (Phi) is 55.9. The van der Waals surface area contributed by atoms with Gasteiger partial charge in [0.05, 0.1) is 39.9 Å². The molecule has 0 radical (unpaired) electrons. The van der Waals surface area contributed by atoms with E-state index < -0.39 is 20.0 Å². The van der Waals surface area contributed by atoms with Crippen molar-refractivity contribution in [1.29, 1.82) is 0 Å². The van der Waals surface area contributed by atoms with Gasteiger partial charge in [0.15, 0.2) is 0 Å². The SMILES string of the molecule is CCCCCCCCCC/C=C\CCCCCCCCCCCCCCCC(=O)NC(COP(=O)([O-])OCC[N+](C)(C)C)C(O)/C=C/CCCCCCCCCCCCCCCCCCCCCCCCCCC. The summed E-state index contributed by atoms with van der Waals surface area (Å²) in [6, 6.07) is -0.886. The minimum atomic E-state index is -4.60. The van der Waals surface area contributed by atoms with E-state index in [9.17, 15) is 19.4 Å². The Morgan fingerprint density at radius 1 is 0.459 bits per heavy atom. The first-order valence-corrected chi connectivity index (χ1v) is 34.2. The Balaban J connectivity index is 4.10. The highest BCUT2D eigenvalue weighted by Gasteiger charge is 2.23. The second-order valence-electron chi connectivity index (χ2n) is 23.8. The Bertz CT molecular complexity index is 1260. The highest BCUT2D eigenvalue weighted by Crippen LogP contribution is 2.38. The van der Waals surface area contributed by atoms with Gasteiger partial charge in [-0.05, 0) is 44.9 Å². The van der Waals surface area contributed by atoms with Gasteiger partial charge in [-0.15, -0.1) is 0 Å². The van der Waals surface area contributed by atoms with Crippen LogP contribution in [0, 0.1) is 0 Å². The summed E-state index contributed by atoms with van der Waals surface area (Å²) in [4.78, 5) is 25.6. The molecule has 8 nitrogen and oxygen atoms in total. The average Bonchev–Trinajstić information content (AvgIpc) is 3.36. The van der Waals surface area contributed by atoms with E-state index in [0.29, 0.717) is 17.4 Å². The molecule has 0 rings (SSSR count). The molecule has 0 aromatic carbocycles. The molecule has 0 aromatic heterocycles. The number of nitrogens with one attached hydrogen (secondary N) is 1. The van der Waals surface area contributed by atoms with Crippen LogP contribution >= 0.6 is 7.82 Å². The summed E-state index contributed by atoms with van der Waals surface area (Å²) in [5.41, 5.74) is 0. The number of amides is 1. The largest absolute Gasteiger partial charge is 0.756 e. The molecule has 0 spiro atoms. The smallest absolute Gasteiger partial charge is 0.268 e. The maximum atomic E-state index is 13.0. The first-order valence-electron chi connectivity index (χ1n) is 32.7. The van der Waals surface area contributed by atoms with Crippen molar-refractivity contribution in [3.63, 3.8) is 0 Å². The maximum Gasteiger partial charge on any atom is 0.268 e. The van der Waals surface area contributed by atoms with Gasteiger partial charge in [-0.25, -0.2) is 0 Å². The molecule has 9 heteroatoms. The number of likely N-dealkylation sites (N-methyl/N-ethyl adjacent to an activating group) is 1. The Morgan fingerprint density at radius 2 is 0.743 bits per heavy atom. The van der Waals surface area contributed by atoms with Crippen molar-refractivity contribution in [2.45, 2.75) is 347 Å². The van der Waals surface area contributed by atoms with Crippen LogP contribution in [0.4, 0.5) is 0 Å². The van der Waals surface area contributed by atoms with Crippen molar-refractivity contribution < 1.29 is 32.9 Å². The lowest BCUT2D eigenvalue weighted by molar-refractivity contribution is -0.870. The van der Waals surface area contributed by atoms with Crippen molar-refractivity contribution in [3.8, 4) is 0 Å². The van der Waals surface area contributed by atoms with Gasteiger partial charge >= 0.3 is 0 Å². The minimum absolute atomic E-state index is 0.00127. The van der Waals surface area contributed by atoms with E-state index in [0.717, 1.165) is 38.5 Å². The number of quaternary nitrogens is 1. The van der Waals surface area contributed by atoms with Gasteiger partial charge < -0.3 is 28.8 Å². The number of carbonyl (C=O) groups is 1. The maximum absolute atomic E-state index is 13.0. The van der Waals surface area contributed by atoms with E-state index >= 15 is 0 Å². The lowest BCUT2D eigenvalue weighted by Gasteiger charge is -2.29. The van der Waals surface area contributed by atoms with Crippen molar-refractivity contribution in [3.05, 3.63) is 24.3 Å². The fourth-order valence-corrected chi connectivity index (χ4v) is 10.8. The average molecular weight is 1070 g/mol. The molecular weight excluding hydrogens is 936 g/mol. The summed E-state index contributed by atoms with van der Waals surface area (Å²) in [7, 11) is 1.28. The number of unbranched alkanes of at least 4 members (excludes halogenated alkanes) is 46. The first-order chi connectivity index (χ1) is 36.0. The number of aliphatic hydroxyl groups is 1. The number of nitrogens with zero attached hydrogens (tertiary/aromatic N) is 1. The van der Waals surface area contributed by atoms with Crippen molar-refractivity contribution in [2.24, 2.45) is 0 Å². The zero-order valence-corrected chi connectivity index (χ0v) is 51.2. The number of rotatable bonds is 61. The molecule has 0 fully saturated rings. The molecule has 0 aliphatic rings. The Labute approximate surface area is 462 Å². The van der Waals surface area contributed by atoms with Crippen LogP contribution in [-0.2, 0) is 18.4 Å². The van der Waals surface area contributed by atoms with Gasteiger partial charge in [0.2, 0.25) is 5.91 Å². The van der Waals surface area contributed by atoms with Crippen LogP contribution in [-0.4, -0.2) is 68.5 Å². The van der Waals surface area contributed by atoms with Gasteiger partial charge in [0.25, 0.3) is 7.82 Å². The van der Waals surface area contributed by atoms with Gasteiger partial charge in [-0.1, -0.05) is 308 Å². The second kappa shape index (κ2) is 56.7. The van der Waals surface area contributed by atoms with Crippen LogP contribution in [0.2, 0.25) is 0 Å². The minimum Gasteiger partial charge on any atom is -0.756 e. The molecule has 0 aromatic rings. The van der Waals surface area contributed by atoms with E-state index in [2.05, 4.69) is 31.3 Å². The van der Waals surface area contributed by atoms with Crippen LogP contribution in [0.5, 0.6) is 0 Å². The van der Waals surface area contributed by atoms with Gasteiger partial charge in [0, 0.05) is 6.42 Å². The standard InChI is InChI=1S/C65H129N2O6P/c1-6-8-10-12-14-16-18-20-22-24-26-28-30-32-33-35-36-38-40-42-44-46-48-50-52-54-56-58-64(68)63(62-73-74(70,71)72-61-60-67(3,4)5)66-65(69)59-57-55-53-51-49-47-45-43-41-39-37-34-31-29-27-25-23-21-19-17-15-13-11-9-7-2/h25,27,56,58,63-64,68H,6-24,26,28-55,57,59-62H2,1-5H3,(H-,66,69,70,71)/b27-25-,58-56+. The highest BCUT2D eigenvalue weighted by atomic mass is 31.2. The third-order valence-corrected chi connectivity index (χ3v) is 16.1. The molecule has 2 N–H and O–H groups in total. The van der Waals surface area contributed by atoms with E-state index in [1.165, 1.54) is 276 Å². The number of hydrogen-bond acceptors (Lipinski definition) is 6. The summed E-state index contributed by atoms with van der Waals surface area (Å²) in [6.07, 6.45) is 72.8. The van der Waals surface area contributed by atoms with E-state index in [-0.39, 0.29) is 19.1 Å². The molecule has 0 saturated heterocycles. The van der Waals surface area contributed by atoms with E-state index in [4.69, 9.17) is 9.05 Å². The van der Waals surface area contributed by atoms with E-state index in [1.54, 1.807) is 6.08 Å². The quantitative estimate of drug-likeness (QED) is 0.0272. The predicted octanol–water partition coefficient (Wildman–Crippen LogP) is 19.7. The van der Waals surface area contributed by atoms with Crippen molar-refractivity contribution >= 4 is 13.7 Å². The monoisotopic (exact) mass is 1060 g/mol. The number of allylic oxidation sites excluding steroid dienone is 3. The number of aliphatic hydroxyl groups excluding tert-OH is 1. The number of hydrogen-bond donors (Lipinski definition) is 2. The van der Waals surface area contributed by atoms with E-state index in [1.807, 2.05) is 27.2 Å². The fourth-order valence-electron chi connectivity index (χ4n) is 10.0. The van der Waals surface area contributed by atoms with Gasteiger partial charge in [0.1, 0.15) is 13.2 Å². The molecule has 3 atom stereocenters. The zero-order chi connectivity index (χ0) is 54.2. The van der Waals surface area contributed by atoms with Crippen LogP contribution < -0.4 is 10.2 Å². The third-order valence-electron chi connectivity index (χ3n) is 15.2. The summed E-state index contributed by atoms with van der Waals surface area (Å²) in [6.45, 7) is 4.71. The molecule has 0 bridgehead atoms. The number of carbonyl (C=O) groups excluding carboxylic acids is 1. The Morgan fingerprint density at radius 3 is 1.05 bits per heavy atom. The summed E-state index contributed by atoms with van der Waals surface area (Å²) in [5, 5.41) is 13.9. The third kappa shape index (κ3) is 58.7. The first kappa shape index (κ1) is 73.0. The van der Waals surface area contributed by atoms with Crippen molar-refractivity contribution in [2.75, 3.05) is 40.9 Å². The molecule has 0 heterocycles. The number of phosphoric acid groups is 1. The van der Waals surface area contributed by atoms with Gasteiger partial charge in [-0.3, -0.25) is 9.36 Å². The van der Waals surface area contributed by atoms with Crippen LogP contribution in [0.1, 0.15) is 335 Å². The highest BCUT2D eigenvalue weighted by molar-refractivity contribution is 7.45. The predicted molar refractivity (Wildman–Crippen MR) is 321 cm³/mol. The molecule has 0 aliphatic heterocycles. The zero-order valence-electron chi connectivity index (χ0n) is 50.3. The van der Waals surface area contributed by atoms with Gasteiger partial charge in [-0.2, -0.15) is 0 Å².